The number of nitrogens with one attached hydrogen (secondary N) is 1. The van der Waals surface area contributed by atoms with E-state index in [-0.39, 0.29) is 0 Å². The van der Waals surface area contributed by atoms with Gasteiger partial charge in [0.05, 0.1) is 17.0 Å². The van der Waals surface area contributed by atoms with Crippen molar-refractivity contribution in [2.45, 2.75) is 26.4 Å². The van der Waals surface area contributed by atoms with Crippen LogP contribution in [0.15, 0.2) is 6.20 Å². The Morgan fingerprint density at radius 1 is 1.50 bits per heavy atom. The van der Waals surface area contributed by atoms with Crippen LogP contribution in [0, 0.1) is 13.8 Å². The number of aliphatic hydroxyl groups is 1. The van der Waals surface area contributed by atoms with Crippen LogP contribution in [0.5, 0.6) is 0 Å². The Morgan fingerprint density at radius 2 is 2.19 bits per heavy atom. The van der Waals surface area contributed by atoms with E-state index >= 15 is 0 Å². The van der Waals surface area contributed by atoms with Gasteiger partial charge in [-0.25, -0.2) is 4.98 Å². The molecule has 0 aromatic carbocycles. The van der Waals surface area contributed by atoms with Crippen molar-refractivity contribution >= 4 is 17.6 Å². The zero-order valence-corrected chi connectivity index (χ0v) is 11.1. The molecular weight excluding hydrogens is 222 g/mol. The van der Waals surface area contributed by atoms with Gasteiger partial charge in [0.1, 0.15) is 5.82 Å². The van der Waals surface area contributed by atoms with E-state index in [0.717, 1.165) is 17.2 Å². The van der Waals surface area contributed by atoms with Crippen LogP contribution in [0.1, 0.15) is 18.3 Å². The number of aromatic nitrogens is 2. The molecule has 0 radical (unpaired) electrons. The first-order valence-electron chi connectivity index (χ1n) is 5.20. The molecule has 1 aromatic heterocycles. The average Bonchev–Trinajstić information content (AvgIpc) is 2.19. The zero-order chi connectivity index (χ0) is 12.2. The van der Waals surface area contributed by atoms with Crippen molar-refractivity contribution in [3.8, 4) is 0 Å². The van der Waals surface area contributed by atoms with Crippen LogP contribution < -0.4 is 5.32 Å². The summed E-state index contributed by atoms with van der Waals surface area (Å²) in [5, 5.41) is 13.1. The van der Waals surface area contributed by atoms with Crippen molar-refractivity contribution in [3.05, 3.63) is 17.6 Å². The molecular formula is C11H19N3OS. The summed E-state index contributed by atoms with van der Waals surface area (Å²) in [5.74, 6) is 1.44. The van der Waals surface area contributed by atoms with Crippen molar-refractivity contribution in [3.63, 3.8) is 0 Å². The second kappa shape index (κ2) is 5.50. The molecule has 4 nitrogen and oxygen atoms in total. The van der Waals surface area contributed by atoms with E-state index in [9.17, 15) is 5.11 Å². The minimum Gasteiger partial charge on any atom is -0.387 e. The molecule has 0 spiro atoms. The van der Waals surface area contributed by atoms with Crippen LogP contribution >= 0.6 is 11.8 Å². The first-order chi connectivity index (χ1) is 7.44. The Labute approximate surface area is 101 Å². The smallest absolute Gasteiger partial charge is 0.147 e. The molecule has 0 aliphatic carbocycles. The van der Waals surface area contributed by atoms with Crippen molar-refractivity contribution < 1.29 is 5.11 Å². The van der Waals surface area contributed by atoms with Crippen LogP contribution in [-0.4, -0.2) is 39.2 Å². The monoisotopic (exact) mass is 241 g/mol. The van der Waals surface area contributed by atoms with Gasteiger partial charge >= 0.3 is 0 Å². The molecule has 0 saturated heterocycles. The van der Waals surface area contributed by atoms with E-state index in [0.29, 0.717) is 12.3 Å². The van der Waals surface area contributed by atoms with Gasteiger partial charge in [-0.05, 0) is 27.0 Å². The first-order valence-corrected chi connectivity index (χ1v) is 6.59. The molecule has 0 aliphatic rings. The highest BCUT2D eigenvalue weighted by atomic mass is 32.2. The van der Waals surface area contributed by atoms with Crippen LogP contribution in [0.2, 0.25) is 0 Å². The maximum atomic E-state index is 10.0. The number of thioether (sulfide) groups is 1. The van der Waals surface area contributed by atoms with E-state index in [1.54, 1.807) is 18.0 Å². The third-order valence-corrected chi connectivity index (χ3v) is 3.08. The molecule has 1 unspecified atom stereocenters. The van der Waals surface area contributed by atoms with Gasteiger partial charge in [-0.2, -0.15) is 11.8 Å². The molecule has 90 valence electrons. The normalized spacial score (nSPS) is 14.6. The molecule has 16 heavy (non-hydrogen) atoms. The number of aryl methyl sites for hydroxylation is 2. The summed E-state index contributed by atoms with van der Waals surface area (Å²) in [6.45, 7) is 6.09. The van der Waals surface area contributed by atoms with Crippen molar-refractivity contribution in [2.75, 3.05) is 23.9 Å². The second-order valence-corrected chi connectivity index (χ2v) is 5.09. The first kappa shape index (κ1) is 13.3. The number of hydrogen-bond donors (Lipinski definition) is 2. The maximum Gasteiger partial charge on any atom is 0.147 e. The number of rotatable bonds is 5. The highest BCUT2D eigenvalue weighted by Crippen LogP contribution is 2.14. The molecule has 1 rings (SSSR count). The predicted octanol–water partition coefficient (Wildman–Crippen LogP) is 1.62. The predicted molar refractivity (Wildman–Crippen MR) is 69.0 cm³/mol. The van der Waals surface area contributed by atoms with Crippen LogP contribution in [0.25, 0.3) is 0 Å². The fourth-order valence-corrected chi connectivity index (χ4v) is 2.07. The molecule has 2 N–H and O–H groups in total. The van der Waals surface area contributed by atoms with Crippen molar-refractivity contribution in [1.29, 1.82) is 0 Å². The lowest BCUT2D eigenvalue weighted by atomic mass is 10.1. The highest BCUT2D eigenvalue weighted by Gasteiger charge is 2.19. The molecule has 1 heterocycles. The fourth-order valence-electron chi connectivity index (χ4n) is 1.34. The van der Waals surface area contributed by atoms with Crippen molar-refractivity contribution in [2.24, 2.45) is 0 Å². The highest BCUT2D eigenvalue weighted by molar-refractivity contribution is 7.98. The Bertz CT molecular complexity index is 355. The quantitative estimate of drug-likeness (QED) is 0.820. The topological polar surface area (TPSA) is 58.0 Å². The maximum absolute atomic E-state index is 10.0. The van der Waals surface area contributed by atoms with E-state index < -0.39 is 5.60 Å². The SMILES string of the molecule is CSCC(C)(O)CNc1nc(C)cnc1C. The fraction of sp³-hybridized carbons (Fsp3) is 0.636. The standard InChI is InChI=1S/C11H19N3OS/c1-8-5-12-9(2)10(14-8)13-6-11(3,15)7-16-4/h5,15H,6-7H2,1-4H3,(H,13,14). The van der Waals surface area contributed by atoms with Gasteiger partial charge in [0.25, 0.3) is 0 Å². The Balaban J connectivity index is 2.63. The molecule has 1 aromatic rings. The Morgan fingerprint density at radius 3 is 2.81 bits per heavy atom. The van der Waals surface area contributed by atoms with E-state index in [2.05, 4.69) is 15.3 Å². The third kappa shape index (κ3) is 3.98. The van der Waals surface area contributed by atoms with Gasteiger partial charge in [0.2, 0.25) is 0 Å². The molecule has 1 atom stereocenters. The van der Waals surface area contributed by atoms with Crippen LogP contribution in [0.3, 0.4) is 0 Å². The molecule has 0 fully saturated rings. The second-order valence-electron chi connectivity index (χ2n) is 4.23. The zero-order valence-electron chi connectivity index (χ0n) is 10.2. The summed E-state index contributed by atoms with van der Waals surface area (Å²) >= 11 is 1.63. The van der Waals surface area contributed by atoms with Gasteiger partial charge in [0.15, 0.2) is 0 Å². The van der Waals surface area contributed by atoms with E-state index in [4.69, 9.17) is 0 Å². The van der Waals surface area contributed by atoms with Crippen LogP contribution in [0.4, 0.5) is 5.82 Å². The average molecular weight is 241 g/mol. The van der Waals surface area contributed by atoms with Crippen molar-refractivity contribution in [1.82, 2.24) is 9.97 Å². The lowest BCUT2D eigenvalue weighted by Crippen LogP contribution is -2.36. The Hall–Kier alpha value is -0.810. The van der Waals surface area contributed by atoms with Gasteiger partial charge in [-0.3, -0.25) is 4.98 Å². The van der Waals surface area contributed by atoms with E-state index in [1.165, 1.54) is 0 Å². The molecule has 0 aliphatic heterocycles. The minimum absolute atomic E-state index is 0.479. The van der Waals surface area contributed by atoms with Gasteiger partial charge < -0.3 is 10.4 Å². The minimum atomic E-state index is -0.725. The van der Waals surface area contributed by atoms with Gasteiger partial charge in [-0.1, -0.05) is 0 Å². The summed E-state index contributed by atoms with van der Waals surface area (Å²) in [4.78, 5) is 8.56. The lowest BCUT2D eigenvalue weighted by Gasteiger charge is -2.23. The number of anilines is 1. The lowest BCUT2D eigenvalue weighted by molar-refractivity contribution is 0.0996. The van der Waals surface area contributed by atoms with Gasteiger partial charge in [-0.15, -0.1) is 0 Å². The molecule has 0 saturated carbocycles. The third-order valence-electron chi connectivity index (χ3n) is 2.17. The van der Waals surface area contributed by atoms with E-state index in [1.807, 2.05) is 27.0 Å². The van der Waals surface area contributed by atoms with Crippen LogP contribution in [-0.2, 0) is 0 Å². The molecule has 5 heteroatoms. The summed E-state index contributed by atoms with van der Waals surface area (Å²) in [6, 6.07) is 0. The summed E-state index contributed by atoms with van der Waals surface area (Å²) < 4.78 is 0. The largest absolute Gasteiger partial charge is 0.387 e. The molecule has 0 bridgehead atoms. The summed E-state index contributed by atoms with van der Waals surface area (Å²) in [6.07, 6.45) is 3.72. The number of nitrogens with zero attached hydrogens (tertiary/aromatic N) is 2. The molecule has 0 amide bonds. The summed E-state index contributed by atoms with van der Waals surface area (Å²) in [7, 11) is 0. The van der Waals surface area contributed by atoms with Gasteiger partial charge in [0, 0.05) is 18.5 Å². The Kier molecular flexibility index (Phi) is 4.56. The summed E-state index contributed by atoms with van der Waals surface area (Å²) in [5.41, 5.74) is 1.00. The number of hydrogen-bond acceptors (Lipinski definition) is 5.